The standard InChI is InChI=1S/C7H14GeN2O3/c1-5(4-8)7(12)13-3-2-6(11)10-9/h4H,2-3,9H2,1,8H3,(H,10,11). The molecule has 0 aromatic carbocycles. The van der Waals surface area contributed by atoms with Crippen molar-refractivity contribution in [3.8, 4) is 0 Å². The van der Waals surface area contributed by atoms with Gasteiger partial charge in [0.1, 0.15) is 0 Å². The normalized spacial score (nSPS) is 11.1. The van der Waals surface area contributed by atoms with Gasteiger partial charge in [-0.1, -0.05) is 0 Å². The maximum absolute atomic E-state index is 11.0. The Morgan fingerprint density at radius 2 is 2.23 bits per heavy atom. The van der Waals surface area contributed by atoms with Gasteiger partial charge in [0.15, 0.2) is 0 Å². The second-order valence-electron chi connectivity index (χ2n) is 2.43. The van der Waals surface area contributed by atoms with Gasteiger partial charge in [0.2, 0.25) is 0 Å². The molecule has 0 aliphatic rings. The van der Waals surface area contributed by atoms with Crippen molar-refractivity contribution in [2.75, 3.05) is 6.61 Å². The zero-order valence-electron chi connectivity index (χ0n) is 7.79. The van der Waals surface area contributed by atoms with Crippen LogP contribution in [-0.4, -0.2) is 35.0 Å². The molecule has 0 unspecified atom stereocenters. The summed E-state index contributed by atoms with van der Waals surface area (Å²) in [6.07, 6.45) is 0.0979. The van der Waals surface area contributed by atoms with Gasteiger partial charge in [-0.2, -0.15) is 0 Å². The molecule has 0 fully saturated rings. The molecule has 0 heterocycles. The van der Waals surface area contributed by atoms with Gasteiger partial charge in [-0.3, -0.25) is 0 Å². The molecule has 0 bridgehead atoms. The van der Waals surface area contributed by atoms with Crippen LogP contribution in [0.2, 0.25) is 0 Å². The van der Waals surface area contributed by atoms with Gasteiger partial charge < -0.3 is 0 Å². The van der Waals surface area contributed by atoms with E-state index in [4.69, 9.17) is 10.6 Å². The van der Waals surface area contributed by atoms with Crippen LogP contribution in [0.3, 0.4) is 0 Å². The number of ether oxygens (including phenoxy) is 1. The topological polar surface area (TPSA) is 81.4 Å². The average Bonchev–Trinajstić information content (AvgIpc) is 2.15. The fourth-order valence-corrected chi connectivity index (χ4v) is 1.03. The third-order valence-corrected chi connectivity index (χ3v) is 3.30. The number of hydrogen-bond donors (Lipinski definition) is 2. The van der Waals surface area contributed by atoms with Crippen molar-refractivity contribution in [3.63, 3.8) is 0 Å². The summed E-state index contributed by atoms with van der Waals surface area (Å²) in [6, 6.07) is 0. The zero-order valence-corrected chi connectivity index (χ0v) is 12.0. The van der Waals surface area contributed by atoms with E-state index >= 15 is 0 Å². The predicted octanol–water partition coefficient (Wildman–Crippen LogP) is -1.82. The van der Waals surface area contributed by atoms with E-state index in [1.807, 2.05) is 10.3 Å². The first-order valence-electron chi connectivity index (χ1n) is 3.91. The van der Waals surface area contributed by atoms with Gasteiger partial charge in [-0.05, 0) is 0 Å². The molecule has 1 amide bonds. The Kier molecular flexibility index (Phi) is 6.25. The SMILES string of the molecule is CC(=[CH][GeH3])C(=O)OCCC(=O)NN. The third kappa shape index (κ3) is 5.43. The van der Waals surface area contributed by atoms with Crippen LogP contribution < -0.4 is 11.3 Å². The summed E-state index contributed by atoms with van der Waals surface area (Å²) < 4.78 is 4.77. The number of nitrogens with two attached hydrogens (primary N) is 1. The Bertz CT molecular complexity index is 228. The molecule has 6 heteroatoms. The first-order chi connectivity index (χ1) is 6.11. The molecule has 0 aromatic heterocycles. The van der Waals surface area contributed by atoms with Crippen LogP contribution in [0.15, 0.2) is 10.5 Å². The number of carbonyl (C=O) groups is 2. The van der Waals surface area contributed by atoms with E-state index in [9.17, 15) is 9.59 Å². The van der Waals surface area contributed by atoms with Gasteiger partial charge in [0.05, 0.1) is 0 Å². The predicted molar refractivity (Wildman–Crippen MR) is 51.6 cm³/mol. The van der Waals surface area contributed by atoms with E-state index in [-0.39, 0.29) is 24.9 Å². The molecule has 0 aliphatic heterocycles. The van der Waals surface area contributed by atoms with Gasteiger partial charge >= 0.3 is 84.4 Å². The Hall–Kier alpha value is -0.817. The summed E-state index contributed by atoms with van der Waals surface area (Å²) in [4.78, 5) is 23.5. The molecule has 74 valence electrons. The van der Waals surface area contributed by atoms with E-state index in [2.05, 4.69) is 0 Å². The summed E-state index contributed by atoms with van der Waals surface area (Å²) >= 11 is 0.491. The average molecular weight is 247 g/mol. The van der Waals surface area contributed by atoms with Gasteiger partial charge in [0.25, 0.3) is 0 Å². The van der Waals surface area contributed by atoms with E-state index in [0.29, 0.717) is 22.1 Å². The molecular weight excluding hydrogens is 233 g/mol. The number of nitrogens with one attached hydrogen (secondary N) is 1. The summed E-state index contributed by atoms with van der Waals surface area (Å²) in [5, 5.41) is 0. The van der Waals surface area contributed by atoms with Crippen LogP contribution in [-0.2, 0) is 14.3 Å². The Morgan fingerprint density at radius 1 is 1.62 bits per heavy atom. The molecule has 3 N–H and O–H groups in total. The molecule has 0 atom stereocenters. The number of amides is 1. The van der Waals surface area contributed by atoms with Crippen LogP contribution in [0.25, 0.3) is 0 Å². The van der Waals surface area contributed by atoms with E-state index in [1.54, 1.807) is 6.92 Å². The number of hydrogen-bond acceptors (Lipinski definition) is 4. The van der Waals surface area contributed by atoms with E-state index in [1.165, 1.54) is 0 Å². The Balaban J connectivity index is 3.66. The van der Waals surface area contributed by atoms with Crippen molar-refractivity contribution in [1.29, 1.82) is 0 Å². The van der Waals surface area contributed by atoms with Crippen molar-refractivity contribution in [1.82, 2.24) is 5.43 Å². The minimum absolute atomic E-state index is 0.0695. The van der Waals surface area contributed by atoms with Crippen molar-refractivity contribution >= 4 is 28.4 Å². The van der Waals surface area contributed by atoms with Crippen LogP contribution in [0, 0.1) is 0 Å². The van der Waals surface area contributed by atoms with Crippen molar-refractivity contribution in [3.05, 3.63) is 10.5 Å². The number of rotatable bonds is 4. The Labute approximate surface area is 84.9 Å². The quantitative estimate of drug-likeness (QED) is 0.153. The summed E-state index contributed by atoms with van der Waals surface area (Å²) in [6.45, 7) is 1.76. The maximum atomic E-state index is 11.0. The molecule has 5 nitrogen and oxygen atoms in total. The van der Waals surface area contributed by atoms with Crippen LogP contribution >= 0.6 is 0 Å². The summed E-state index contributed by atoms with van der Waals surface area (Å²) in [5.41, 5.74) is 2.55. The van der Waals surface area contributed by atoms with Crippen molar-refractivity contribution in [2.24, 2.45) is 5.84 Å². The summed E-state index contributed by atoms with van der Waals surface area (Å²) in [7, 11) is 0. The van der Waals surface area contributed by atoms with E-state index < -0.39 is 0 Å². The van der Waals surface area contributed by atoms with Crippen LogP contribution in [0.1, 0.15) is 13.3 Å². The molecule has 0 saturated carbocycles. The fraction of sp³-hybridized carbons (Fsp3) is 0.429. The molecular formula is C7H14GeN2O3. The van der Waals surface area contributed by atoms with Crippen molar-refractivity contribution < 1.29 is 14.3 Å². The monoisotopic (exact) mass is 248 g/mol. The summed E-state index contributed by atoms with van der Waals surface area (Å²) in [5.74, 6) is 4.12. The number of hydrazine groups is 1. The van der Waals surface area contributed by atoms with Crippen molar-refractivity contribution in [2.45, 2.75) is 13.3 Å². The third-order valence-electron chi connectivity index (χ3n) is 1.48. The minimum atomic E-state index is -0.363. The van der Waals surface area contributed by atoms with Crippen LogP contribution in [0.4, 0.5) is 0 Å². The first-order valence-corrected chi connectivity index (χ1v) is 6.33. The number of esters is 1. The molecule has 0 radical (unpaired) electrons. The Morgan fingerprint density at radius 3 is 2.69 bits per heavy atom. The molecule has 0 rings (SSSR count). The first kappa shape index (κ1) is 12.2. The zero-order chi connectivity index (χ0) is 10.3. The van der Waals surface area contributed by atoms with Gasteiger partial charge in [-0.25, -0.2) is 0 Å². The molecule has 0 aliphatic carbocycles. The molecule has 13 heavy (non-hydrogen) atoms. The molecule has 0 aromatic rings. The second kappa shape index (κ2) is 6.67. The fourth-order valence-electron chi connectivity index (χ4n) is 0.540. The van der Waals surface area contributed by atoms with E-state index in [0.717, 1.165) is 0 Å². The molecule has 0 saturated heterocycles. The second-order valence-corrected chi connectivity index (χ2v) is 3.64. The van der Waals surface area contributed by atoms with Crippen LogP contribution in [0.5, 0.6) is 0 Å². The van der Waals surface area contributed by atoms with Gasteiger partial charge in [0, 0.05) is 0 Å². The number of carbonyl (C=O) groups excluding carboxylic acids is 2. The van der Waals surface area contributed by atoms with Gasteiger partial charge in [-0.15, -0.1) is 0 Å². The molecule has 0 spiro atoms.